The van der Waals surface area contributed by atoms with E-state index in [9.17, 15) is 4.79 Å². The zero-order valence-corrected chi connectivity index (χ0v) is 12.0. The van der Waals surface area contributed by atoms with Crippen LogP contribution in [0.3, 0.4) is 0 Å². The standard InChI is InChI=1S/C14H23N3O2/c1-9(2)11(15)8-13(18)17-12-6-5-7-16-14(12)19-10(3)4/h5-7,9-11H,8,15H2,1-4H3,(H,17,18). The van der Waals surface area contributed by atoms with E-state index in [-0.39, 0.29) is 30.4 Å². The molecule has 5 nitrogen and oxygen atoms in total. The van der Waals surface area contributed by atoms with Gasteiger partial charge in [-0.05, 0) is 31.9 Å². The van der Waals surface area contributed by atoms with Gasteiger partial charge in [-0.25, -0.2) is 4.98 Å². The third-order valence-electron chi connectivity index (χ3n) is 2.67. The topological polar surface area (TPSA) is 77.2 Å². The normalized spacial score (nSPS) is 12.6. The Morgan fingerprint density at radius 3 is 2.68 bits per heavy atom. The maximum Gasteiger partial charge on any atom is 0.238 e. The van der Waals surface area contributed by atoms with Crippen LogP contribution >= 0.6 is 0 Å². The monoisotopic (exact) mass is 265 g/mol. The maximum absolute atomic E-state index is 11.9. The van der Waals surface area contributed by atoms with Crippen molar-refractivity contribution in [3.05, 3.63) is 18.3 Å². The highest BCUT2D eigenvalue weighted by atomic mass is 16.5. The first kappa shape index (κ1) is 15.4. The number of hydrogen-bond donors (Lipinski definition) is 2. The first-order valence-corrected chi connectivity index (χ1v) is 6.57. The number of nitrogens with one attached hydrogen (secondary N) is 1. The lowest BCUT2D eigenvalue weighted by molar-refractivity contribution is -0.116. The van der Waals surface area contributed by atoms with Crippen molar-refractivity contribution in [2.75, 3.05) is 5.32 Å². The van der Waals surface area contributed by atoms with Gasteiger partial charge in [-0.2, -0.15) is 0 Å². The van der Waals surface area contributed by atoms with Crippen LogP contribution in [0.15, 0.2) is 18.3 Å². The zero-order chi connectivity index (χ0) is 14.4. The number of anilines is 1. The van der Waals surface area contributed by atoms with Crippen molar-refractivity contribution < 1.29 is 9.53 Å². The Balaban J connectivity index is 2.68. The maximum atomic E-state index is 11.9. The molecule has 0 aliphatic heterocycles. The minimum atomic E-state index is -0.147. The molecule has 0 spiro atoms. The number of pyridine rings is 1. The summed E-state index contributed by atoms with van der Waals surface area (Å²) in [4.78, 5) is 16.0. The summed E-state index contributed by atoms with van der Waals surface area (Å²) in [5.74, 6) is 0.581. The Morgan fingerprint density at radius 2 is 2.11 bits per heavy atom. The highest BCUT2D eigenvalue weighted by Crippen LogP contribution is 2.22. The molecule has 0 fully saturated rings. The van der Waals surface area contributed by atoms with Gasteiger partial charge in [0.05, 0.1) is 6.10 Å². The van der Waals surface area contributed by atoms with E-state index in [2.05, 4.69) is 10.3 Å². The fourth-order valence-electron chi connectivity index (χ4n) is 1.45. The molecule has 106 valence electrons. The van der Waals surface area contributed by atoms with Crippen molar-refractivity contribution in [1.82, 2.24) is 4.98 Å². The molecule has 0 bridgehead atoms. The zero-order valence-electron chi connectivity index (χ0n) is 12.0. The number of aromatic nitrogens is 1. The first-order chi connectivity index (χ1) is 8.90. The molecule has 1 amide bonds. The van der Waals surface area contributed by atoms with Gasteiger partial charge in [-0.3, -0.25) is 4.79 Å². The van der Waals surface area contributed by atoms with Gasteiger partial charge in [0, 0.05) is 18.7 Å². The molecule has 0 aromatic carbocycles. The predicted octanol–water partition coefficient (Wildman–Crippen LogP) is 2.18. The van der Waals surface area contributed by atoms with Gasteiger partial charge in [-0.1, -0.05) is 13.8 Å². The molecule has 5 heteroatoms. The molecule has 1 unspecified atom stereocenters. The Morgan fingerprint density at radius 1 is 1.42 bits per heavy atom. The summed E-state index contributed by atoms with van der Waals surface area (Å²) in [6, 6.07) is 3.38. The van der Waals surface area contributed by atoms with Gasteiger partial charge >= 0.3 is 0 Å². The Labute approximate surface area is 114 Å². The van der Waals surface area contributed by atoms with Crippen molar-refractivity contribution >= 4 is 11.6 Å². The molecule has 1 rings (SSSR count). The average molecular weight is 265 g/mol. The SMILES string of the molecule is CC(C)Oc1ncccc1NC(=O)CC(N)C(C)C. The van der Waals surface area contributed by atoms with Crippen LogP contribution in [0.5, 0.6) is 5.88 Å². The van der Waals surface area contributed by atoms with Crippen molar-refractivity contribution in [3.8, 4) is 5.88 Å². The van der Waals surface area contributed by atoms with Crippen LogP contribution in [0, 0.1) is 5.92 Å². The summed E-state index contributed by atoms with van der Waals surface area (Å²) in [6.45, 7) is 7.81. The summed E-state index contributed by atoms with van der Waals surface area (Å²) >= 11 is 0. The van der Waals surface area contributed by atoms with Crippen LogP contribution in [0.25, 0.3) is 0 Å². The second-order valence-electron chi connectivity index (χ2n) is 5.18. The third kappa shape index (κ3) is 5.26. The molecule has 0 radical (unpaired) electrons. The smallest absolute Gasteiger partial charge is 0.238 e. The molecule has 19 heavy (non-hydrogen) atoms. The lowest BCUT2D eigenvalue weighted by Crippen LogP contribution is -2.31. The number of carbonyl (C=O) groups excluding carboxylic acids is 1. The van der Waals surface area contributed by atoms with Gasteiger partial charge in [0.25, 0.3) is 0 Å². The number of carbonyl (C=O) groups is 1. The largest absolute Gasteiger partial charge is 0.473 e. The van der Waals surface area contributed by atoms with E-state index in [4.69, 9.17) is 10.5 Å². The summed E-state index contributed by atoms with van der Waals surface area (Å²) in [5, 5.41) is 2.80. The molecule has 1 heterocycles. The minimum absolute atomic E-state index is 0.00322. The molecule has 1 aromatic heterocycles. The Bertz CT molecular complexity index is 419. The van der Waals surface area contributed by atoms with E-state index in [1.807, 2.05) is 27.7 Å². The second kappa shape index (κ2) is 7.09. The highest BCUT2D eigenvalue weighted by molar-refractivity contribution is 5.92. The first-order valence-electron chi connectivity index (χ1n) is 6.57. The van der Waals surface area contributed by atoms with Gasteiger partial charge in [-0.15, -0.1) is 0 Å². The predicted molar refractivity (Wildman–Crippen MR) is 76.1 cm³/mol. The van der Waals surface area contributed by atoms with Gasteiger partial charge in [0.1, 0.15) is 5.69 Å². The number of rotatable bonds is 6. The van der Waals surface area contributed by atoms with Gasteiger partial charge < -0.3 is 15.8 Å². The summed E-state index contributed by atoms with van der Waals surface area (Å²) in [6.07, 6.45) is 1.92. The molecule has 1 aromatic rings. The number of nitrogens with zero attached hydrogens (tertiary/aromatic N) is 1. The molecule has 0 aliphatic rings. The third-order valence-corrected chi connectivity index (χ3v) is 2.67. The van der Waals surface area contributed by atoms with Crippen LogP contribution in [-0.4, -0.2) is 23.0 Å². The van der Waals surface area contributed by atoms with Crippen LogP contribution in [0.1, 0.15) is 34.1 Å². The molecular weight excluding hydrogens is 242 g/mol. The average Bonchev–Trinajstić information content (AvgIpc) is 2.30. The van der Waals surface area contributed by atoms with Crippen molar-refractivity contribution in [2.24, 2.45) is 11.7 Å². The summed E-state index contributed by atoms with van der Waals surface area (Å²) in [7, 11) is 0. The number of ether oxygens (including phenoxy) is 1. The van der Waals surface area contributed by atoms with Crippen molar-refractivity contribution in [1.29, 1.82) is 0 Å². The van der Waals surface area contributed by atoms with Gasteiger partial charge in [0.2, 0.25) is 11.8 Å². The van der Waals surface area contributed by atoms with E-state index in [0.717, 1.165) is 0 Å². The summed E-state index contributed by atoms with van der Waals surface area (Å²) in [5.41, 5.74) is 6.46. The van der Waals surface area contributed by atoms with Crippen molar-refractivity contribution in [2.45, 2.75) is 46.3 Å². The van der Waals surface area contributed by atoms with E-state index in [0.29, 0.717) is 11.6 Å². The van der Waals surface area contributed by atoms with Gasteiger partial charge in [0.15, 0.2) is 0 Å². The lowest BCUT2D eigenvalue weighted by Gasteiger charge is -2.16. The molecule has 1 atom stereocenters. The Hall–Kier alpha value is -1.62. The molecular formula is C14H23N3O2. The number of nitrogens with two attached hydrogens (primary N) is 1. The van der Waals surface area contributed by atoms with Crippen LogP contribution in [-0.2, 0) is 4.79 Å². The molecule has 0 saturated heterocycles. The van der Waals surface area contributed by atoms with E-state index < -0.39 is 0 Å². The fourth-order valence-corrected chi connectivity index (χ4v) is 1.45. The lowest BCUT2D eigenvalue weighted by atomic mass is 10.0. The van der Waals surface area contributed by atoms with Crippen LogP contribution < -0.4 is 15.8 Å². The Kier molecular flexibility index (Phi) is 5.76. The second-order valence-corrected chi connectivity index (χ2v) is 5.18. The van der Waals surface area contributed by atoms with E-state index >= 15 is 0 Å². The molecule has 0 saturated carbocycles. The van der Waals surface area contributed by atoms with Crippen molar-refractivity contribution in [3.63, 3.8) is 0 Å². The number of hydrogen-bond acceptors (Lipinski definition) is 4. The highest BCUT2D eigenvalue weighted by Gasteiger charge is 2.15. The fraction of sp³-hybridized carbons (Fsp3) is 0.571. The molecule has 3 N–H and O–H groups in total. The van der Waals surface area contributed by atoms with E-state index in [1.165, 1.54) is 0 Å². The minimum Gasteiger partial charge on any atom is -0.473 e. The summed E-state index contributed by atoms with van der Waals surface area (Å²) < 4.78 is 5.54. The number of amides is 1. The quantitative estimate of drug-likeness (QED) is 0.826. The van der Waals surface area contributed by atoms with Crippen LogP contribution in [0.2, 0.25) is 0 Å². The molecule has 0 aliphatic carbocycles. The van der Waals surface area contributed by atoms with E-state index in [1.54, 1.807) is 18.3 Å². The van der Waals surface area contributed by atoms with Crippen LogP contribution in [0.4, 0.5) is 5.69 Å².